The minimum absolute atomic E-state index is 0.0441. The van der Waals surface area contributed by atoms with Crippen LogP contribution in [0.15, 0.2) is 30.5 Å². The van der Waals surface area contributed by atoms with E-state index in [0.717, 1.165) is 43.5 Å². The summed E-state index contributed by atoms with van der Waals surface area (Å²) in [5, 5.41) is 3.60. The summed E-state index contributed by atoms with van der Waals surface area (Å²) in [7, 11) is 1.72. The fraction of sp³-hybridized carbons (Fsp3) is 0.613. The molecule has 1 aromatic carbocycles. The average Bonchev–Trinajstić information content (AvgIpc) is 3.18. The minimum Gasteiger partial charge on any atom is -0.383 e. The number of amides is 1. The van der Waals surface area contributed by atoms with Crippen LogP contribution in [0.4, 0.5) is 14.5 Å². The molecule has 2 saturated heterocycles. The summed E-state index contributed by atoms with van der Waals surface area (Å²) in [4.78, 5) is 25.2. The predicted molar refractivity (Wildman–Crippen MR) is 154 cm³/mol. The van der Waals surface area contributed by atoms with E-state index in [2.05, 4.69) is 47.8 Å². The number of methoxy groups -OCH3 is 1. The molecule has 3 atom stereocenters. The van der Waals surface area contributed by atoms with Crippen LogP contribution >= 0.6 is 0 Å². The first-order chi connectivity index (χ1) is 19.5. The monoisotopic (exact) mass is 571 g/mol. The van der Waals surface area contributed by atoms with Gasteiger partial charge in [-0.3, -0.25) is 19.6 Å². The summed E-state index contributed by atoms with van der Waals surface area (Å²) in [6.45, 7) is 14.5. The Morgan fingerprint density at radius 2 is 2.05 bits per heavy atom. The Morgan fingerprint density at radius 3 is 2.80 bits per heavy atom. The second-order valence-electron chi connectivity index (χ2n) is 12.8. The molecular formula is C31H43F2N5O3. The first-order valence-electron chi connectivity index (χ1n) is 14.5. The summed E-state index contributed by atoms with van der Waals surface area (Å²) in [6, 6.07) is 5.93. The number of nitrogens with zero attached hydrogens (tertiary/aromatic N) is 4. The van der Waals surface area contributed by atoms with Gasteiger partial charge in [-0.1, -0.05) is 19.9 Å². The average molecular weight is 572 g/mol. The van der Waals surface area contributed by atoms with Crippen LogP contribution in [0.3, 0.4) is 0 Å². The minimum atomic E-state index is -0.607. The van der Waals surface area contributed by atoms with Crippen molar-refractivity contribution >= 4 is 11.6 Å². The maximum absolute atomic E-state index is 14.4. The molecule has 0 saturated carbocycles. The van der Waals surface area contributed by atoms with Crippen molar-refractivity contribution in [2.45, 2.75) is 57.2 Å². The number of hydrogen-bond acceptors (Lipinski definition) is 7. The molecule has 1 N–H and O–H groups in total. The number of carbonyl (C=O) groups excluding carboxylic acids is 1. The van der Waals surface area contributed by atoms with Crippen LogP contribution < -0.4 is 10.2 Å². The SMILES string of the molecule is COC[C@@]1(C)COCCN1C[C@H]1CN[C@H](C)CN1CC(=O)N1CC(C)(C)c2cnc(Cc3ccc(F)cc3F)cc21. The molecule has 0 bridgehead atoms. The third-order valence-corrected chi connectivity index (χ3v) is 8.83. The summed E-state index contributed by atoms with van der Waals surface area (Å²) < 4.78 is 39.1. The van der Waals surface area contributed by atoms with Gasteiger partial charge in [-0.2, -0.15) is 0 Å². The van der Waals surface area contributed by atoms with E-state index >= 15 is 0 Å². The van der Waals surface area contributed by atoms with E-state index in [9.17, 15) is 13.6 Å². The molecule has 41 heavy (non-hydrogen) atoms. The molecular weight excluding hydrogens is 528 g/mol. The fourth-order valence-electron chi connectivity index (χ4n) is 6.48. The first-order valence-corrected chi connectivity index (χ1v) is 14.5. The molecule has 1 aromatic heterocycles. The van der Waals surface area contributed by atoms with Crippen molar-refractivity contribution in [3.63, 3.8) is 0 Å². The van der Waals surface area contributed by atoms with Gasteiger partial charge in [0.2, 0.25) is 5.91 Å². The summed E-state index contributed by atoms with van der Waals surface area (Å²) in [5.41, 5.74) is 2.37. The lowest BCUT2D eigenvalue weighted by atomic mass is 9.88. The summed E-state index contributed by atoms with van der Waals surface area (Å²) in [5.74, 6) is -1.16. The number of piperazine rings is 1. The van der Waals surface area contributed by atoms with Crippen molar-refractivity contribution in [2.75, 3.05) is 71.1 Å². The second kappa shape index (κ2) is 12.0. The number of fused-ring (bicyclic) bond motifs is 1. The number of morpholine rings is 1. The zero-order valence-corrected chi connectivity index (χ0v) is 24.9. The Balaban J connectivity index is 1.34. The molecule has 1 amide bonds. The summed E-state index contributed by atoms with van der Waals surface area (Å²) in [6.07, 6.45) is 2.03. The molecule has 2 fully saturated rings. The maximum atomic E-state index is 14.4. The normalized spacial score (nSPS) is 26.8. The number of nitrogens with one attached hydrogen (secondary N) is 1. The van der Waals surface area contributed by atoms with Gasteiger partial charge in [-0.15, -0.1) is 0 Å². The predicted octanol–water partition coefficient (Wildman–Crippen LogP) is 2.97. The van der Waals surface area contributed by atoms with Gasteiger partial charge in [0, 0.05) is 87.3 Å². The maximum Gasteiger partial charge on any atom is 0.241 e. The number of hydrogen-bond donors (Lipinski definition) is 1. The molecule has 8 nitrogen and oxygen atoms in total. The lowest BCUT2D eigenvalue weighted by Gasteiger charge is -2.48. The van der Waals surface area contributed by atoms with Gasteiger partial charge >= 0.3 is 0 Å². The zero-order valence-electron chi connectivity index (χ0n) is 24.9. The van der Waals surface area contributed by atoms with Crippen molar-refractivity contribution in [3.05, 3.63) is 58.9 Å². The second-order valence-corrected chi connectivity index (χ2v) is 12.8. The van der Waals surface area contributed by atoms with E-state index in [4.69, 9.17) is 9.47 Å². The molecule has 3 aliphatic heterocycles. The number of pyridine rings is 1. The van der Waals surface area contributed by atoms with Gasteiger partial charge in [0.05, 0.1) is 37.6 Å². The molecule has 3 aliphatic rings. The van der Waals surface area contributed by atoms with Gasteiger partial charge in [0.15, 0.2) is 0 Å². The number of benzene rings is 1. The fourth-order valence-corrected chi connectivity index (χ4v) is 6.48. The number of halogens is 2. The van der Waals surface area contributed by atoms with Gasteiger partial charge in [0.25, 0.3) is 0 Å². The van der Waals surface area contributed by atoms with Crippen molar-refractivity contribution < 1.29 is 23.0 Å². The number of anilines is 1. The number of ether oxygens (including phenoxy) is 2. The number of carbonyl (C=O) groups is 1. The molecule has 5 rings (SSSR count). The van der Waals surface area contributed by atoms with Crippen molar-refractivity contribution in [3.8, 4) is 0 Å². The first kappa shape index (κ1) is 30.0. The Labute approximate surface area is 242 Å². The highest BCUT2D eigenvalue weighted by Crippen LogP contribution is 2.40. The van der Waals surface area contributed by atoms with Crippen LogP contribution in [-0.2, 0) is 26.1 Å². The van der Waals surface area contributed by atoms with Crippen molar-refractivity contribution in [1.29, 1.82) is 0 Å². The Hall–Kier alpha value is -2.50. The Kier molecular flexibility index (Phi) is 8.78. The summed E-state index contributed by atoms with van der Waals surface area (Å²) >= 11 is 0. The highest BCUT2D eigenvalue weighted by Gasteiger charge is 2.41. The highest BCUT2D eigenvalue weighted by atomic mass is 19.1. The molecule has 4 heterocycles. The largest absolute Gasteiger partial charge is 0.383 e. The topological polar surface area (TPSA) is 70.2 Å². The van der Waals surface area contributed by atoms with E-state index in [0.29, 0.717) is 44.2 Å². The van der Waals surface area contributed by atoms with Crippen LogP contribution in [0, 0.1) is 11.6 Å². The highest BCUT2D eigenvalue weighted by molar-refractivity contribution is 5.97. The van der Waals surface area contributed by atoms with Gasteiger partial charge < -0.3 is 19.7 Å². The number of aromatic nitrogens is 1. The van der Waals surface area contributed by atoms with E-state index < -0.39 is 11.6 Å². The Bertz CT molecular complexity index is 1260. The molecule has 0 aliphatic carbocycles. The number of rotatable bonds is 8. The third kappa shape index (κ3) is 6.46. The van der Waals surface area contributed by atoms with Crippen molar-refractivity contribution in [2.24, 2.45) is 0 Å². The lowest BCUT2D eigenvalue weighted by molar-refractivity contribution is -0.122. The molecule has 0 spiro atoms. The van der Waals surface area contributed by atoms with Crippen LogP contribution in [0.1, 0.15) is 44.5 Å². The van der Waals surface area contributed by atoms with E-state index in [1.54, 1.807) is 7.11 Å². The van der Waals surface area contributed by atoms with E-state index in [1.165, 1.54) is 12.1 Å². The Morgan fingerprint density at radius 1 is 1.24 bits per heavy atom. The standard InChI is InChI=1S/C31H43F2N5O3/c1-21-15-36(25(13-34-21)16-37-8-9-41-20-31(37,4)19-40-5)17-29(39)38-18-30(2,3)26-14-35-24(12-28(26)38)10-22-6-7-23(32)11-27(22)33/h6-7,11-12,14,21,25,34H,8-10,13,15-20H2,1-5H3/t21-,25-,31+/m1/s1. The smallest absolute Gasteiger partial charge is 0.241 e. The van der Waals surface area contributed by atoms with Crippen LogP contribution in [0.5, 0.6) is 0 Å². The van der Waals surface area contributed by atoms with E-state index in [-0.39, 0.29) is 35.4 Å². The van der Waals surface area contributed by atoms with E-state index in [1.807, 2.05) is 17.2 Å². The molecule has 224 valence electrons. The van der Waals surface area contributed by atoms with Gasteiger partial charge in [0.1, 0.15) is 11.6 Å². The van der Waals surface area contributed by atoms with Crippen LogP contribution in [0.25, 0.3) is 0 Å². The van der Waals surface area contributed by atoms with Gasteiger partial charge in [-0.25, -0.2) is 8.78 Å². The molecule has 2 aromatic rings. The third-order valence-electron chi connectivity index (χ3n) is 8.83. The lowest BCUT2D eigenvalue weighted by Crippen LogP contribution is -2.65. The van der Waals surface area contributed by atoms with Gasteiger partial charge in [-0.05, 0) is 31.5 Å². The molecule has 0 radical (unpaired) electrons. The quantitative estimate of drug-likeness (QED) is 0.523. The molecule has 0 unspecified atom stereocenters. The molecule has 10 heteroatoms. The zero-order chi connectivity index (χ0) is 29.4. The van der Waals surface area contributed by atoms with Crippen LogP contribution in [0.2, 0.25) is 0 Å². The van der Waals surface area contributed by atoms with Crippen LogP contribution in [-0.4, -0.2) is 105 Å². The van der Waals surface area contributed by atoms with Crippen molar-refractivity contribution in [1.82, 2.24) is 20.1 Å².